The van der Waals surface area contributed by atoms with E-state index in [1.165, 1.54) is 12.0 Å². The summed E-state index contributed by atoms with van der Waals surface area (Å²) in [6, 6.07) is 17.0. The lowest BCUT2D eigenvalue weighted by atomic mass is 10.0. The fourth-order valence-electron chi connectivity index (χ4n) is 3.17. The third-order valence-corrected chi connectivity index (χ3v) is 4.20. The number of ether oxygens (including phenoxy) is 1. The van der Waals surface area contributed by atoms with Crippen molar-refractivity contribution >= 4 is 5.69 Å². The Labute approximate surface area is 125 Å². The summed E-state index contributed by atoms with van der Waals surface area (Å²) in [6.45, 7) is 1.06. The van der Waals surface area contributed by atoms with Gasteiger partial charge in [-0.05, 0) is 36.6 Å². The highest BCUT2D eigenvalue weighted by Gasteiger charge is 2.27. The molecule has 1 unspecified atom stereocenters. The van der Waals surface area contributed by atoms with E-state index in [2.05, 4.69) is 41.3 Å². The Morgan fingerprint density at radius 2 is 2.00 bits per heavy atom. The zero-order chi connectivity index (χ0) is 14.7. The van der Waals surface area contributed by atoms with E-state index in [0.29, 0.717) is 6.04 Å². The fourth-order valence-corrected chi connectivity index (χ4v) is 3.17. The highest BCUT2D eigenvalue weighted by molar-refractivity contribution is 5.58. The van der Waals surface area contributed by atoms with Gasteiger partial charge in [0.2, 0.25) is 0 Å². The van der Waals surface area contributed by atoms with Crippen LogP contribution >= 0.6 is 0 Å². The number of rotatable bonds is 4. The number of anilines is 1. The number of aliphatic hydroxyl groups excluding tert-OH is 1. The molecule has 1 aliphatic rings. The number of hydrogen-bond acceptors (Lipinski definition) is 3. The van der Waals surface area contributed by atoms with Gasteiger partial charge in [-0.2, -0.15) is 0 Å². The van der Waals surface area contributed by atoms with Crippen molar-refractivity contribution in [3.05, 3.63) is 59.7 Å². The molecule has 0 saturated carbocycles. The Morgan fingerprint density at radius 3 is 2.71 bits per heavy atom. The summed E-state index contributed by atoms with van der Waals surface area (Å²) in [5.74, 6) is 0.790. The molecule has 0 spiro atoms. The van der Waals surface area contributed by atoms with Crippen LogP contribution in [0.2, 0.25) is 0 Å². The Bertz CT molecular complexity index is 597. The Kier molecular flexibility index (Phi) is 4.11. The fraction of sp³-hybridized carbons (Fsp3) is 0.333. The molecule has 0 aromatic heterocycles. The molecule has 1 heterocycles. The van der Waals surface area contributed by atoms with Gasteiger partial charge in [-0.25, -0.2) is 0 Å². The van der Waals surface area contributed by atoms with E-state index < -0.39 is 0 Å². The average Bonchev–Trinajstić information content (AvgIpc) is 3.04. The molecular weight excluding hydrogens is 262 g/mol. The van der Waals surface area contributed by atoms with Gasteiger partial charge in [0.1, 0.15) is 5.75 Å². The van der Waals surface area contributed by atoms with Crippen LogP contribution in [0.15, 0.2) is 48.5 Å². The summed E-state index contributed by atoms with van der Waals surface area (Å²) in [6.07, 6.45) is 2.33. The molecule has 2 aromatic rings. The molecule has 0 amide bonds. The summed E-state index contributed by atoms with van der Waals surface area (Å²) in [4.78, 5) is 2.40. The van der Waals surface area contributed by atoms with Crippen molar-refractivity contribution < 1.29 is 9.84 Å². The third kappa shape index (κ3) is 2.74. The van der Waals surface area contributed by atoms with Crippen LogP contribution in [-0.2, 0) is 6.61 Å². The van der Waals surface area contributed by atoms with Crippen LogP contribution in [0.25, 0.3) is 0 Å². The summed E-state index contributed by atoms with van der Waals surface area (Å²) in [5.41, 5.74) is 3.39. The smallest absolute Gasteiger partial charge is 0.119 e. The second kappa shape index (κ2) is 6.19. The zero-order valence-electron chi connectivity index (χ0n) is 12.3. The van der Waals surface area contributed by atoms with E-state index >= 15 is 0 Å². The van der Waals surface area contributed by atoms with Crippen molar-refractivity contribution in [2.24, 2.45) is 0 Å². The maximum atomic E-state index is 9.67. The molecule has 1 fully saturated rings. The van der Waals surface area contributed by atoms with Crippen molar-refractivity contribution in [1.82, 2.24) is 0 Å². The molecule has 1 atom stereocenters. The number of nitrogens with zero attached hydrogens (tertiary/aromatic N) is 1. The molecule has 3 heteroatoms. The Hall–Kier alpha value is -2.00. The van der Waals surface area contributed by atoms with Crippen molar-refractivity contribution in [1.29, 1.82) is 0 Å². The highest BCUT2D eigenvalue weighted by atomic mass is 16.5. The highest BCUT2D eigenvalue weighted by Crippen LogP contribution is 2.38. The van der Waals surface area contributed by atoms with Crippen LogP contribution in [0.4, 0.5) is 5.69 Å². The molecule has 1 saturated heterocycles. The zero-order valence-corrected chi connectivity index (χ0v) is 12.3. The first-order valence-corrected chi connectivity index (χ1v) is 7.43. The number of benzene rings is 2. The number of methoxy groups -OCH3 is 1. The van der Waals surface area contributed by atoms with Gasteiger partial charge in [-0.3, -0.25) is 0 Å². The number of hydrogen-bond donors (Lipinski definition) is 1. The Morgan fingerprint density at radius 1 is 1.19 bits per heavy atom. The topological polar surface area (TPSA) is 32.7 Å². The van der Waals surface area contributed by atoms with Gasteiger partial charge in [-0.15, -0.1) is 0 Å². The quantitative estimate of drug-likeness (QED) is 0.931. The first-order valence-electron chi connectivity index (χ1n) is 7.43. The van der Waals surface area contributed by atoms with Gasteiger partial charge in [0, 0.05) is 17.8 Å². The summed E-state index contributed by atoms with van der Waals surface area (Å²) in [7, 11) is 1.65. The van der Waals surface area contributed by atoms with Crippen LogP contribution in [-0.4, -0.2) is 18.8 Å². The maximum absolute atomic E-state index is 9.67. The van der Waals surface area contributed by atoms with Crippen molar-refractivity contribution in [2.45, 2.75) is 25.5 Å². The average molecular weight is 283 g/mol. The third-order valence-electron chi connectivity index (χ3n) is 4.20. The predicted octanol–water partition coefficient (Wildman–Crippen LogP) is 3.53. The molecular formula is C18H21NO2. The predicted molar refractivity (Wildman–Crippen MR) is 84.7 cm³/mol. The van der Waals surface area contributed by atoms with Gasteiger partial charge in [0.05, 0.1) is 19.8 Å². The van der Waals surface area contributed by atoms with E-state index in [4.69, 9.17) is 4.74 Å². The van der Waals surface area contributed by atoms with Crippen molar-refractivity contribution in [3.8, 4) is 5.75 Å². The van der Waals surface area contributed by atoms with Crippen LogP contribution < -0.4 is 9.64 Å². The molecule has 21 heavy (non-hydrogen) atoms. The lowest BCUT2D eigenvalue weighted by Gasteiger charge is -2.29. The van der Waals surface area contributed by atoms with Crippen LogP contribution in [0, 0.1) is 0 Å². The monoisotopic (exact) mass is 283 g/mol. The van der Waals surface area contributed by atoms with E-state index in [-0.39, 0.29) is 6.61 Å². The van der Waals surface area contributed by atoms with Gasteiger partial charge >= 0.3 is 0 Å². The molecule has 2 aromatic carbocycles. The number of aliphatic hydroxyl groups is 1. The van der Waals surface area contributed by atoms with Gasteiger partial charge in [0.15, 0.2) is 0 Å². The van der Waals surface area contributed by atoms with E-state index in [1.54, 1.807) is 7.11 Å². The summed E-state index contributed by atoms with van der Waals surface area (Å²) >= 11 is 0. The standard InChI is InChI=1S/C18H21NO2/c1-21-16-9-10-18(15(12-16)13-20)19-11-5-8-17(19)14-6-3-2-4-7-14/h2-4,6-7,9-10,12,17,20H,5,8,11,13H2,1H3. The first-order chi connectivity index (χ1) is 10.3. The molecule has 0 radical (unpaired) electrons. The molecule has 3 rings (SSSR count). The van der Waals surface area contributed by atoms with Crippen LogP contribution in [0.5, 0.6) is 5.75 Å². The summed E-state index contributed by atoms with van der Waals surface area (Å²) in [5, 5.41) is 9.67. The first kappa shape index (κ1) is 14.0. The Balaban J connectivity index is 1.95. The normalized spacial score (nSPS) is 18.0. The van der Waals surface area contributed by atoms with Gasteiger partial charge in [0.25, 0.3) is 0 Å². The second-order valence-corrected chi connectivity index (χ2v) is 5.41. The molecule has 1 N–H and O–H groups in total. The van der Waals surface area contributed by atoms with Crippen LogP contribution in [0.3, 0.4) is 0 Å². The van der Waals surface area contributed by atoms with Crippen molar-refractivity contribution in [2.75, 3.05) is 18.6 Å². The minimum Gasteiger partial charge on any atom is -0.497 e. The van der Waals surface area contributed by atoms with E-state index in [9.17, 15) is 5.11 Å². The van der Waals surface area contributed by atoms with Gasteiger partial charge < -0.3 is 14.7 Å². The molecule has 0 aliphatic carbocycles. The largest absolute Gasteiger partial charge is 0.497 e. The second-order valence-electron chi connectivity index (χ2n) is 5.41. The molecule has 1 aliphatic heterocycles. The van der Waals surface area contributed by atoms with Crippen LogP contribution in [0.1, 0.15) is 30.0 Å². The van der Waals surface area contributed by atoms with E-state index in [0.717, 1.165) is 30.0 Å². The molecule has 0 bridgehead atoms. The maximum Gasteiger partial charge on any atom is 0.119 e. The SMILES string of the molecule is COc1ccc(N2CCCC2c2ccccc2)c(CO)c1. The lowest BCUT2D eigenvalue weighted by Crippen LogP contribution is -2.23. The molecule has 3 nitrogen and oxygen atoms in total. The van der Waals surface area contributed by atoms with E-state index in [1.807, 2.05) is 12.1 Å². The minimum atomic E-state index is 0.0323. The lowest BCUT2D eigenvalue weighted by molar-refractivity contribution is 0.281. The minimum absolute atomic E-state index is 0.0323. The molecule has 110 valence electrons. The van der Waals surface area contributed by atoms with Gasteiger partial charge in [-0.1, -0.05) is 30.3 Å². The summed E-state index contributed by atoms with van der Waals surface area (Å²) < 4.78 is 5.26. The van der Waals surface area contributed by atoms with Crippen molar-refractivity contribution in [3.63, 3.8) is 0 Å².